The molecule has 0 radical (unpaired) electrons. The largest absolute Gasteiger partial charge is 0.492 e. The Labute approximate surface area is 163 Å². The van der Waals surface area contributed by atoms with E-state index in [1.807, 2.05) is 25.1 Å². The molecule has 2 rings (SSSR count). The third-order valence-corrected chi connectivity index (χ3v) is 4.44. The van der Waals surface area contributed by atoms with Crippen molar-refractivity contribution in [2.45, 2.75) is 39.5 Å². The number of halogens is 1. The van der Waals surface area contributed by atoms with Crippen molar-refractivity contribution in [2.24, 2.45) is 0 Å². The molecule has 1 aromatic heterocycles. The van der Waals surface area contributed by atoms with Crippen molar-refractivity contribution in [2.75, 3.05) is 18.5 Å². The molecule has 6 heteroatoms. The summed E-state index contributed by atoms with van der Waals surface area (Å²) in [5.41, 5.74) is 2.40. The van der Waals surface area contributed by atoms with Gasteiger partial charge in [-0.3, -0.25) is 5.32 Å². The SMILES string of the molecule is Cc1ccnc(NC(=O)NCCCOc2ccc(C(C)(C)C)cc2Br)c1. The Bertz CT molecular complexity index is 757. The standard InChI is InChI=1S/C20H26BrN3O2/c1-14-8-10-22-18(12-14)24-19(25)23-9-5-11-26-17-7-6-15(13-16(17)21)20(2,3)4/h6-8,10,12-13H,5,9,11H2,1-4H3,(H2,22,23,24,25). The lowest BCUT2D eigenvalue weighted by Crippen LogP contribution is -2.30. The Hall–Kier alpha value is -2.08. The second-order valence-electron chi connectivity index (χ2n) is 7.20. The number of aryl methyl sites for hydroxylation is 1. The number of anilines is 1. The first kappa shape index (κ1) is 20.2. The fourth-order valence-corrected chi connectivity index (χ4v) is 2.80. The average molecular weight is 420 g/mol. The van der Waals surface area contributed by atoms with Crippen LogP contribution in [0, 0.1) is 6.92 Å². The topological polar surface area (TPSA) is 63.2 Å². The lowest BCUT2D eigenvalue weighted by Gasteiger charge is -2.20. The van der Waals surface area contributed by atoms with Gasteiger partial charge in [0.2, 0.25) is 0 Å². The van der Waals surface area contributed by atoms with E-state index in [0.29, 0.717) is 25.4 Å². The normalized spacial score (nSPS) is 11.1. The summed E-state index contributed by atoms with van der Waals surface area (Å²) in [7, 11) is 0. The van der Waals surface area contributed by atoms with Gasteiger partial charge in [-0.15, -0.1) is 0 Å². The van der Waals surface area contributed by atoms with Gasteiger partial charge in [0.05, 0.1) is 11.1 Å². The van der Waals surface area contributed by atoms with Crippen LogP contribution in [-0.4, -0.2) is 24.2 Å². The molecule has 0 aliphatic heterocycles. The molecule has 0 fully saturated rings. The number of urea groups is 1. The van der Waals surface area contributed by atoms with Crippen LogP contribution >= 0.6 is 15.9 Å². The number of aromatic nitrogens is 1. The fourth-order valence-electron chi connectivity index (χ4n) is 2.31. The zero-order valence-corrected chi connectivity index (χ0v) is 17.3. The van der Waals surface area contributed by atoms with Crippen molar-refractivity contribution in [3.8, 4) is 5.75 Å². The van der Waals surface area contributed by atoms with Gasteiger partial charge in [-0.1, -0.05) is 26.8 Å². The maximum absolute atomic E-state index is 11.8. The van der Waals surface area contributed by atoms with E-state index in [2.05, 4.69) is 64.5 Å². The molecule has 0 saturated carbocycles. The number of hydrogen-bond acceptors (Lipinski definition) is 3. The van der Waals surface area contributed by atoms with E-state index in [9.17, 15) is 4.79 Å². The lowest BCUT2D eigenvalue weighted by molar-refractivity contribution is 0.250. The number of ether oxygens (including phenoxy) is 1. The number of amides is 2. The van der Waals surface area contributed by atoms with Crippen molar-refractivity contribution in [1.29, 1.82) is 0 Å². The van der Waals surface area contributed by atoms with E-state index >= 15 is 0 Å². The highest BCUT2D eigenvalue weighted by molar-refractivity contribution is 9.10. The molecule has 5 nitrogen and oxygen atoms in total. The van der Waals surface area contributed by atoms with Crippen molar-refractivity contribution >= 4 is 27.8 Å². The minimum Gasteiger partial charge on any atom is -0.492 e. The summed E-state index contributed by atoms with van der Waals surface area (Å²) in [4.78, 5) is 15.9. The second kappa shape index (κ2) is 9.03. The summed E-state index contributed by atoms with van der Waals surface area (Å²) >= 11 is 3.56. The van der Waals surface area contributed by atoms with Crippen LogP contribution in [0.5, 0.6) is 5.75 Å². The highest BCUT2D eigenvalue weighted by Gasteiger charge is 2.15. The lowest BCUT2D eigenvalue weighted by atomic mass is 9.87. The number of rotatable bonds is 6. The van der Waals surface area contributed by atoms with E-state index in [1.165, 1.54) is 5.56 Å². The number of hydrogen-bond donors (Lipinski definition) is 2. The van der Waals surface area contributed by atoms with E-state index in [0.717, 1.165) is 15.8 Å². The first-order valence-corrected chi connectivity index (χ1v) is 9.45. The number of benzene rings is 1. The zero-order chi connectivity index (χ0) is 19.2. The molecule has 0 saturated heterocycles. The molecule has 0 aliphatic rings. The molecule has 26 heavy (non-hydrogen) atoms. The van der Waals surface area contributed by atoms with Crippen LogP contribution in [-0.2, 0) is 5.41 Å². The van der Waals surface area contributed by atoms with Crippen LogP contribution < -0.4 is 15.4 Å². The van der Waals surface area contributed by atoms with Gasteiger partial charge in [0.1, 0.15) is 11.6 Å². The smallest absolute Gasteiger partial charge is 0.320 e. The predicted octanol–water partition coefficient (Wildman–Crippen LogP) is 5.04. The molecule has 2 aromatic rings. The molecule has 140 valence electrons. The van der Waals surface area contributed by atoms with Crippen molar-refractivity contribution in [3.63, 3.8) is 0 Å². The quantitative estimate of drug-likeness (QED) is 0.644. The van der Waals surface area contributed by atoms with Crippen LogP contribution in [0.3, 0.4) is 0 Å². The Morgan fingerprint density at radius 2 is 2.00 bits per heavy atom. The van der Waals surface area contributed by atoms with E-state index in [4.69, 9.17) is 4.74 Å². The molecular formula is C20H26BrN3O2. The fraction of sp³-hybridized carbons (Fsp3) is 0.400. The van der Waals surface area contributed by atoms with Gasteiger partial charge in [0, 0.05) is 12.7 Å². The summed E-state index contributed by atoms with van der Waals surface area (Å²) < 4.78 is 6.73. The molecule has 0 unspecified atom stereocenters. The van der Waals surface area contributed by atoms with Gasteiger partial charge in [-0.2, -0.15) is 0 Å². The molecular weight excluding hydrogens is 394 g/mol. The van der Waals surface area contributed by atoms with Crippen LogP contribution in [0.1, 0.15) is 38.3 Å². The third-order valence-electron chi connectivity index (χ3n) is 3.82. The number of nitrogens with zero attached hydrogens (tertiary/aromatic N) is 1. The summed E-state index contributed by atoms with van der Waals surface area (Å²) in [6.07, 6.45) is 2.38. The highest BCUT2D eigenvalue weighted by atomic mass is 79.9. The molecule has 0 spiro atoms. The first-order chi connectivity index (χ1) is 12.3. The van der Waals surface area contributed by atoms with Crippen molar-refractivity contribution in [3.05, 3.63) is 52.1 Å². The van der Waals surface area contributed by atoms with E-state index < -0.39 is 0 Å². The number of carbonyl (C=O) groups excluding carboxylic acids is 1. The van der Waals surface area contributed by atoms with Crippen molar-refractivity contribution < 1.29 is 9.53 Å². The molecule has 0 aliphatic carbocycles. The van der Waals surface area contributed by atoms with Gasteiger partial charge in [0.25, 0.3) is 0 Å². The molecule has 2 N–H and O–H groups in total. The molecule has 0 atom stereocenters. The van der Waals surface area contributed by atoms with E-state index in [1.54, 1.807) is 6.20 Å². The maximum Gasteiger partial charge on any atom is 0.320 e. The highest BCUT2D eigenvalue weighted by Crippen LogP contribution is 2.31. The Kier molecular flexibility index (Phi) is 7.03. The van der Waals surface area contributed by atoms with Crippen LogP contribution in [0.2, 0.25) is 0 Å². The van der Waals surface area contributed by atoms with Crippen LogP contribution in [0.25, 0.3) is 0 Å². The van der Waals surface area contributed by atoms with Gasteiger partial charge < -0.3 is 10.1 Å². The monoisotopic (exact) mass is 419 g/mol. The maximum atomic E-state index is 11.8. The van der Waals surface area contributed by atoms with Gasteiger partial charge >= 0.3 is 6.03 Å². The molecule has 1 heterocycles. The number of nitrogens with one attached hydrogen (secondary N) is 2. The predicted molar refractivity (Wildman–Crippen MR) is 109 cm³/mol. The van der Waals surface area contributed by atoms with Gasteiger partial charge in [-0.25, -0.2) is 9.78 Å². The minimum atomic E-state index is -0.265. The molecule has 2 amide bonds. The average Bonchev–Trinajstić information content (AvgIpc) is 2.55. The van der Waals surface area contributed by atoms with Gasteiger partial charge in [0.15, 0.2) is 0 Å². The summed E-state index contributed by atoms with van der Waals surface area (Å²) in [5, 5.41) is 5.51. The zero-order valence-electron chi connectivity index (χ0n) is 15.7. The number of pyridine rings is 1. The molecule has 1 aromatic carbocycles. The Morgan fingerprint density at radius 3 is 2.65 bits per heavy atom. The Morgan fingerprint density at radius 1 is 1.23 bits per heavy atom. The molecule has 0 bridgehead atoms. The third kappa shape index (κ3) is 6.33. The van der Waals surface area contributed by atoms with Crippen LogP contribution in [0.15, 0.2) is 41.0 Å². The minimum absolute atomic E-state index is 0.102. The Balaban J connectivity index is 1.71. The van der Waals surface area contributed by atoms with Crippen LogP contribution in [0.4, 0.5) is 10.6 Å². The summed E-state index contributed by atoms with van der Waals surface area (Å²) in [6, 6.07) is 9.59. The van der Waals surface area contributed by atoms with Crippen molar-refractivity contribution in [1.82, 2.24) is 10.3 Å². The van der Waals surface area contributed by atoms with E-state index in [-0.39, 0.29) is 11.4 Å². The second-order valence-corrected chi connectivity index (χ2v) is 8.05. The summed E-state index contributed by atoms with van der Waals surface area (Å²) in [5.74, 6) is 1.35. The first-order valence-electron chi connectivity index (χ1n) is 8.66. The van der Waals surface area contributed by atoms with Gasteiger partial charge in [-0.05, 0) is 70.1 Å². The number of carbonyl (C=O) groups is 1. The summed E-state index contributed by atoms with van der Waals surface area (Å²) in [6.45, 7) is 9.54.